The van der Waals surface area contributed by atoms with Gasteiger partial charge < -0.3 is 15.4 Å². The van der Waals surface area contributed by atoms with Gasteiger partial charge in [0.15, 0.2) is 5.69 Å². The van der Waals surface area contributed by atoms with Crippen LogP contribution in [0.15, 0.2) is 36.8 Å². The maximum absolute atomic E-state index is 14.6. The lowest BCUT2D eigenvalue weighted by Gasteiger charge is -2.18. The number of aromatic nitrogens is 4. The lowest BCUT2D eigenvalue weighted by molar-refractivity contribution is -0.141. The molecule has 3 aromatic heterocycles. The largest absolute Gasteiger partial charge is 0.493 e. The standard InChI is InChI=1S/C23H16F4N6O2/c24-15-2-3-17-12(5-6-35-17)13(15)7-29-22-30-8-14-11-1-4-18(23(25,26)27)32-16(11)9-28-21(34)19-20(14)33(22)10-31-19/h1-4,8,10H,5-7,9H2,(H,28,34)(H,29,30). The molecule has 0 radical (unpaired) electrons. The van der Waals surface area contributed by atoms with E-state index in [1.54, 1.807) is 6.07 Å². The van der Waals surface area contributed by atoms with Crippen molar-refractivity contribution >= 4 is 17.4 Å². The molecule has 0 saturated heterocycles. The van der Waals surface area contributed by atoms with Gasteiger partial charge in [0.1, 0.15) is 23.6 Å². The Morgan fingerprint density at radius 3 is 2.83 bits per heavy atom. The molecule has 1 amide bonds. The van der Waals surface area contributed by atoms with Gasteiger partial charge in [0.2, 0.25) is 5.95 Å². The number of carbonyl (C=O) groups is 1. The summed E-state index contributed by atoms with van der Waals surface area (Å²) in [5.74, 6) is -0.00838. The van der Waals surface area contributed by atoms with Gasteiger partial charge in [-0.3, -0.25) is 9.20 Å². The summed E-state index contributed by atoms with van der Waals surface area (Å²) in [5, 5.41) is 5.66. The van der Waals surface area contributed by atoms with Crippen LogP contribution in [-0.2, 0) is 25.7 Å². The fourth-order valence-electron chi connectivity index (χ4n) is 4.47. The van der Waals surface area contributed by atoms with Gasteiger partial charge in [-0.15, -0.1) is 0 Å². The number of anilines is 1. The zero-order valence-electron chi connectivity index (χ0n) is 17.9. The second kappa shape index (κ2) is 7.65. The molecular formula is C23H16F4N6O2. The van der Waals surface area contributed by atoms with E-state index >= 15 is 0 Å². The van der Waals surface area contributed by atoms with Gasteiger partial charge in [-0.05, 0) is 18.2 Å². The summed E-state index contributed by atoms with van der Waals surface area (Å²) in [6.45, 7) is 0.385. The van der Waals surface area contributed by atoms with E-state index in [0.29, 0.717) is 41.0 Å². The molecule has 178 valence electrons. The number of alkyl halides is 3. The van der Waals surface area contributed by atoms with Crippen LogP contribution in [0.2, 0.25) is 0 Å². The number of amides is 1. The van der Waals surface area contributed by atoms with E-state index in [1.807, 2.05) is 0 Å². The van der Waals surface area contributed by atoms with E-state index in [4.69, 9.17) is 4.74 Å². The summed E-state index contributed by atoms with van der Waals surface area (Å²) in [7, 11) is 0. The van der Waals surface area contributed by atoms with Crippen LogP contribution < -0.4 is 15.4 Å². The van der Waals surface area contributed by atoms with Crippen molar-refractivity contribution in [2.75, 3.05) is 11.9 Å². The molecular weight excluding hydrogens is 468 g/mol. The van der Waals surface area contributed by atoms with Crippen LogP contribution in [0.4, 0.5) is 23.5 Å². The second-order valence-corrected chi connectivity index (χ2v) is 8.13. The third-order valence-corrected chi connectivity index (χ3v) is 6.12. The van der Waals surface area contributed by atoms with Crippen LogP contribution in [0.25, 0.3) is 16.6 Å². The molecule has 6 rings (SSSR count). The molecule has 0 bridgehead atoms. The van der Waals surface area contributed by atoms with Crippen molar-refractivity contribution in [1.82, 2.24) is 24.7 Å². The molecule has 0 spiro atoms. The minimum atomic E-state index is -4.62. The number of carbonyl (C=O) groups excluding carboxylic acids is 1. The van der Waals surface area contributed by atoms with Crippen molar-refractivity contribution in [3.05, 3.63) is 70.8 Å². The lowest BCUT2D eigenvalue weighted by atomic mass is 10.0. The van der Waals surface area contributed by atoms with Crippen molar-refractivity contribution in [2.45, 2.75) is 25.7 Å². The molecule has 0 fully saturated rings. The number of pyridine rings is 1. The summed E-state index contributed by atoms with van der Waals surface area (Å²) in [4.78, 5) is 25.1. The summed E-state index contributed by atoms with van der Waals surface area (Å²) in [6, 6.07) is 5.15. The highest BCUT2D eigenvalue weighted by molar-refractivity contribution is 6.04. The van der Waals surface area contributed by atoms with E-state index in [9.17, 15) is 22.4 Å². The number of hydrogen-bond acceptors (Lipinski definition) is 6. The van der Waals surface area contributed by atoms with E-state index in [2.05, 4.69) is 25.6 Å². The zero-order valence-corrected chi connectivity index (χ0v) is 17.9. The summed E-state index contributed by atoms with van der Waals surface area (Å²) in [5.41, 5.74) is 1.50. The van der Waals surface area contributed by atoms with Crippen LogP contribution in [0.3, 0.4) is 0 Å². The lowest BCUT2D eigenvalue weighted by Crippen LogP contribution is -2.26. The number of rotatable bonds is 3. The van der Waals surface area contributed by atoms with Gasteiger partial charge in [-0.2, -0.15) is 13.2 Å². The molecule has 2 aliphatic heterocycles. The predicted octanol–water partition coefficient (Wildman–Crippen LogP) is 3.74. The highest BCUT2D eigenvalue weighted by atomic mass is 19.4. The molecule has 12 heteroatoms. The Kier molecular flexibility index (Phi) is 4.66. The maximum Gasteiger partial charge on any atom is 0.433 e. The van der Waals surface area contributed by atoms with Crippen LogP contribution in [0, 0.1) is 5.82 Å². The minimum Gasteiger partial charge on any atom is -0.493 e. The molecule has 2 N–H and O–H groups in total. The Hall–Kier alpha value is -4.22. The smallest absolute Gasteiger partial charge is 0.433 e. The Balaban J connectivity index is 1.44. The first-order chi connectivity index (χ1) is 16.8. The van der Waals surface area contributed by atoms with E-state index in [0.717, 1.165) is 11.6 Å². The Bertz CT molecular complexity index is 1510. The molecule has 8 nitrogen and oxygen atoms in total. The average molecular weight is 484 g/mol. The summed E-state index contributed by atoms with van der Waals surface area (Å²) in [6.07, 6.45) is -1.20. The highest BCUT2D eigenvalue weighted by Crippen LogP contribution is 2.35. The third-order valence-electron chi connectivity index (χ3n) is 6.12. The van der Waals surface area contributed by atoms with Gasteiger partial charge in [-0.1, -0.05) is 6.07 Å². The molecule has 0 saturated carbocycles. The number of imidazole rings is 1. The first kappa shape index (κ1) is 21.3. The molecule has 4 aromatic rings. The van der Waals surface area contributed by atoms with Crippen LogP contribution in [0.5, 0.6) is 5.75 Å². The Morgan fingerprint density at radius 1 is 1.14 bits per heavy atom. The summed E-state index contributed by atoms with van der Waals surface area (Å²) >= 11 is 0. The zero-order chi connectivity index (χ0) is 24.3. The van der Waals surface area contributed by atoms with Crippen molar-refractivity contribution in [1.29, 1.82) is 0 Å². The van der Waals surface area contributed by atoms with E-state index in [1.165, 1.54) is 29.1 Å². The van der Waals surface area contributed by atoms with Crippen molar-refractivity contribution in [3.63, 3.8) is 0 Å². The van der Waals surface area contributed by atoms with Crippen molar-refractivity contribution < 1.29 is 27.1 Å². The maximum atomic E-state index is 14.6. The Morgan fingerprint density at radius 2 is 2.00 bits per heavy atom. The monoisotopic (exact) mass is 484 g/mol. The normalized spacial score (nSPS) is 14.6. The number of hydrogen-bond donors (Lipinski definition) is 2. The van der Waals surface area contributed by atoms with Crippen molar-refractivity contribution in [2.24, 2.45) is 0 Å². The van der Waals surface area contributed by atoms with Gasteiger partial charge in [0.05, 0.1) is 24.4 Å². The fourth-order valence-corrected chi connectivity index (χ4v) is 4.47. The molecule has 0 unspecified atom stereocenters. The number of benzene rings is 1. The predicted molar refractivity (Wildman–Crippen MR) is 115 cm³/mol. The molecule has 35 heavy (non-hydrogen) atoms. The minimum absolute atomic E-state index is 0.0614. The Labute approximate surface area is 195 Å². The fraction of sp³-hybridized carbons (Fsp3) is 0.217. The molecule has 2 aliphatic rings. The van der Waals surface area contributed by atoms with Crippen molar-refractivity contribution in [3.8, 4) is 16.9 Å². The first-order valence-corrected chi connectivity index (χ1v) is 10.7. The van der Waals surface area contributed by atoms with E-state index in [-0.39, 0.29) is 36.2 Å². The third kappa shape index (κ3) is 3.44. The number of fused-ring (bicyclic) bond motifs is 3. The van der Waals surface area contributed by atoms with Gasteiger partial charge in [0, 0.05) is 41.4 Å². The van der Waals surface area contributed by atoms with E-state index < -0.39 is 17.8 Å². The highest BCUT2D eigenvalue weighted by Gasteiger charge is 2.34. The number of nitrogens with one attached hydrogen (secondary N) is 2. The quantitative estimate of drug-likeness (QED) is 0.431. The molecule has 5 heterocycles. The van der Waals surface area contributed by atoms with Crippen LogP contribution in [0.1, 0.15) is 33.0 Å². The number of nitrogens with zero attached hydrogens (tertiary/aromatic N) is 4. The number of ether oxygens (including phenoxy) is 1. The molecule has 1 aromatic carbocycles. The second-order valence-electron chi connectivity index (χ2n) is 8.13. The van der Waals surface area contributed by atoms with Crippen LogP contribution in [-0.4, -0.2) is 31.9 Å². The SMILES string of the molecule is O=C1NCc2nc(C(F)(F)F)ccc2-c2cnc(NCc3c(F)ccc4c3CCO4)n3cnc1c23. The molecule has 0 aliphatic carbocycles. The number of halogens is 4. The van der Waals surface area contributed by atoms with Crippen LogP contribution >= 0.6 is 0 Å². The molecule has 0 atom stereocenters. The average Bonchev–Trinajstić information content (AvgIpc) is 3.48. The first-order valence-electron chi connectivity index (χ1n) is 10.7. The summed E-state index contributed by atoms with van der Waals surface area (Å²) < 4.78 is 61.2. The van der Waals surface area contributed by atoms with Gasteiger partial charge >= 0.3 is 6.18 Å². The van der Waals surface area contributed by atoms with Gasteiger partial charge in [0.25, 0.3) is 5.91 Å². The van der Waals surface area contributed by atoms with Gasteiger partial charge in [-0.25, -0.2) is 19.3 Å². The topological polar surface area (TPSA) is 93.4 Å².